The van der Waals surface area contributed by atoms with Crippen molar-refractivity contribution in [1.82, 2.24) is 20.4 Å². The molecular formula is C19H25FN6O4S. The van der Waals surface area contributed by atoms with E-state index in [1.165, 1.54) is 11.9 Å². The lowest BCUT2D eigenvalue weighted by atomic mass is 10.2. The predicted octanol–water partition coefficient (Wildman–Crippen LogP) is 1.68. The van der Waals surface area contributed by atoms with E-state index in [-0.39, 0.29) is 24.0 Å². The fourth-order valence-electron chi connectivity index (χ4n) is 3.32. The van der Waals surface area contributed by atoms with Crippen LogP contribution in [0.15, 0.2) is 33.3 Å². The molecule has 10 nitrogen and oxygen atoms in total. The molecule has 1 saturated carbocycles. The molecule has 0 bridgehead atoms. The predicted molar refractivity (Wildman–Crippen MR) is 111 cm³/mol. The molecule has 3 rings (SSSR count). The fourth-order valence-corrected chi connectivity index (χ4v) is 4.17. The molecule has 168 valence electrons. The molecule has 0 spiro atoms. The number of nitrogens with zero attached hydrogens (tertiary/aromatic N) is 4. The van der Waals surface area contributed by atoms with Crippen LogP contribution in [-0.4, -0.2) is 46.6 Å². The Balaban J connectivity index is 1.75. The molecule has 0 aliphatic heterocycles. The number of halogens is 1. The summed E-state index contributed by atoms with van der Waals surface area (Å²) in [7, 11) is -4.06. The van der Waals surface area contributed by atoms with E-state index >= 15 is 0 Å². The van der Waals surface area contributed by atoms with Crippen molar-refractivity contribution in [1.29, 1.82) is 0 Å². The zero-order chi connectivity index (χ0) is 22.6. The van der Waals surface area contributed by atoms with E-state index in [9.17, 15) is 17.6 Å². The minimum atomic E-state index is -4.06. The average Bonchev–Trinajstić information content (AvgIpc) is 3.39. The van der Waals surface area contributed by atoms with Gasteiger partial charge in [0.15, 0.2) is 11.6 Å². The van der Waals surface area contributed by atoms with Crippen molar-refractivity contribution in [3.05, 3.63) is 47.7 Å². The largest absolute Gasteiger partial charge is 0.456 e. The number of sulfonamides is 1. The van der Waals surface area contributed by atoms with Crippen LogP contribution in [0.4, 0.5) is 4.39 Å². The van der Waals surface area contributed by atoms with E-state index in [0.717, 1.165) is 38.1 Å². The first-order valence-corrected chi connectivity index (χ1v) is 11.4. The molecule has 1 unspecified atom stereocenters. The highest BCUT2D eigenvalue weighted by molar-refractivity contribution is 7.90. The third kappa shape index (κ3) is 5.78. The van der Waals surface area contributed by atoms with Gasteiger partial charge in [-0.1, -0.05) is 12.8 Å². The second kappa shape index (κ2) is 9.41. The summed E-state index contributed by atoms with van der Waals surface area (Å²) in [6, 6.07) is 3.05. The minimum absolute atomic E-state index is 0.0731. The zero-order valence-electron chi connectivity index (χ0n) is 17.3. The van der Waals surface area contributed by atoms with Crippen LogP contribution in [0.5, 0.6) is 0 Å². The lowest BCUT2D eigenvalue weighted by molar-refractivity contribution is 0.0583. The maximum Gasteiger partial charge on any atom is 0.308 e. The Bertz CT molecular complexity index is 1050. The lowest BCUT2D eigenvalue weighted by Gasteiger charge is -2.28. The van der Waals surface area contributed by atoms with Crippen LogP contribution in [-0.2, 0) is 16.4 Å². The smallest absolute Gasteiger partial charge is 0.308 e. The number of aryl methyl sites for hydroxylation is 1. The molecule has 0 saturated heterocycles. The van der Waals surface area contributed by atoms with Gasteiger partial charge in [0.1, 0.15) is 11.6 Å². The van der Waals surface area contributed by atoms with Crippen LogP contribution >= 0.6 is 0 Å². The first-order chi connectivity index (χ1) is 14.7. The van der Waals surface area contributed by atoms with E-state index in [0.29, 0.717) is 5.76 Å². The summed E-state index contributed by atoms with van der Waals surface area (Å²) in [5.41, 5.74) is 8.50. The van der Waals surface area contributed by atoms with Gasteiger partial charge in [0, 0.05) is 6.42 Å². The zero-order valence-corrected chi connectivity index (χ0v) is 18.1. The van der Waals surface area contributed by atoms with Gasteiger partial charge < -0.3 is 10.2 Å². The number of carbonyl (C=O) groups is 1. The Morgan fingerprint density at radius 3 is 2.58 bits per heavy atom. The molecule has 1 fully saturated rings. The lowest BCUT2D eigenvalue weighted by Crippen LogP contribution is -2.53. The van der Waals surface area contributed by atoms with Crippen molar-refractivity contribution >= 4 is 21.9 Å². The Labute approximate surface area is 179 Å². The SMILES string of the molecule is Cc1ccc(C(=O)N(NC(N)=NS(=O)(=O)C(C)Cc2ncc(F)cn2)C2CCCC2)o1. The molecule has 1 aliphatic rings. The number of rotatable bonds is 6. The number of hydrogen-bond donors (Lipinski definition) is 2. The van der Waals surface area contributed by atoms with Crippen LogP contribution in [0.1, 0.15) is 54.7 Å². The van der Waals surface area contributed by atoms with E-state index in [1.54, 1.807) is 19.1 Å². The van der Waals surface area contributed by atoms with Gasteiger partial charge in [-0.3, -0.25) is 10.2 Å². The van der Waals surface area contributed by atoms with E-state index in [2.05, 4.69) is 19.8 Å². The van der Waals surface area contributed by atoms with Crippen LogP contribution in [0, 0.1) is 12.7 Å². The number of nitrogens with two attached hydrogens (primary N) is 1. The summed E-state index contributed by atoms with van der Waals surface area (Å²) in [5.74, 6) is -0.645. The molecule has 12 heteroatoms. The van der Waals surface area contributed by atoms with Crippen molar-refractivity contribution in [2.75, 3.05) is 0 Å². The normalized spacial score (nSPS) is 16.3. The number of aromatic nitrogens is 2. The molecule has 1 aliphatic carbocycles. The summed E-state index contributed by atoms with van der Waals surface area (Å²) in [5, 5.41) is 0.273. The van der Waals surface area contributed by atoms with Crippen LogP contribution in [0.2, 0.25) is 0 Å². The van der Waals surface area contributed by atoms with Gasteiger partial charge in [-0.2, -0.15) is 0 Å². The second-order valence-corrected chi connectivity index (χ2v) is 9.48. The molecule has 2 heterocycles. The number of hydrazine groups is 1. The van der Waals surface area contributed by atoms with Crippen molar-refractivity contribution in [3.8, 4) is 0 Å². The topological polar surface area (TPSA) is 144 Å². The molecular weight excluding hydrogens is 427 g/mol. The van der Waals surface area contributed by atoms with Gasteiger partial charge in [0.05, 0.1) is 23.7 Å². The van der Waals surface area contributed by atoms with Gasteiger partial charge in [0.25, 0.3) is 10.0 Å². The number of nitrogens with one attached hydrogen (secondary N) is 1. The summed E-state index contributed by atoms with van der Waals surface area (Å²) < 4.78 is 47.2. The van der Waals surface area contributed by atoms with Crippen LogP contribution in [0.3, 0.4) is 0 Å². The number of hydrogen-bond acceptors (Lipinski definition) is 6. The third-order valence-corrected chi connectivity index (χ3v) is 6.61. The van der Waals surface area contributed by atoms with Crippen LogP contribution < -0.4 is 11.2 Å². The van der Waals surface area contributed by atoms with Crippen molar-refractivity contribution in [3.63, 3.8) is 0 Å². The standard InChI is InChI=1S/C19H25FN6O4S/c1-12-7-8-16(30-12)18(27)26(15-5-3-4-6-15)24-19(21)25-31(28,29)13(2)9-17-22-10-14(20)11-23-17/h7-8,10-11,13,15H,3-6,9H2,1-2H3,(H3,21,24,25). The fraction of sp³-hybridized carbons (Fsp3) is 0.474. The highest BCUT2D eigenvalue weighted by Crippen LogP contribution is 2.24. The van der Waals surface area contributed by atoms with Gasteiger partial charge in [-0.05, 0) is 38.8 Å². The number of amides is 1. The Hall–Kier alpha value is -3.02. The number of carbonyl (C=O) groups excluding carboxylic acids is 1. The van der Waals surface area contributed by atoms with Gasteiger partial charge in [0.2, 0.25) is 5.96 Å². The van der Waals surface area contributed by atoms with Crippen LogP contribution in [0.25, 0.3) is 0 Å². The number of guanidine groups is 1. The van der Waals surface area contributed by atoms with E-state index in [4.69, 9.17) is 10.2 Å². The molecule has 1 amide bonds. The highest BCUT2D eigenvalue weighted by Gasteiger charge is 2.31. The second-order valence-electron chi connectivity index (χ2n) is 7.46. The van der Waals surface area contributed by atoms with Gasteiger partial charge >= 0.3 is 5.91 Å². The maximum atomic E-state index is 12.9. The van der Waals surface area contributed by atoms with Crippen molar-refractivity contribution in [2.24, 2.45) is 10.1 Å². The molecule has 0 radical (unpaired) electrons. The molecule has 0 aromatic carbocycles. The molecule has 2 aromatic rings. The summed E-state index contributed by atoms with van der Waals surface area (Å²) in [4.78, 5) is 20.4. The molecule has 3 N–H and O–H groups in total. The molecule has 2 aromatic heterocycles. The molecule has 1 atom stereocenters. The maximum absolute atomic E-state index is 12.9. The first kappa shape index (κ1) is 22.7. The Morgan fingerprint density at radius 2 is 2.00 bits per heavy atom. The highest BCUT2D eigenvalue weighted by atomic mass is 32.2. The summed E-state index contributed by atoms with van der Waals surface area (Å²) in [6.45, 7) is 3.14. The van der Waals surface area contributed by atoms with Crippen molar-refractivity contribution in [2.45, 2.75) is 57.2 Å². The summed E-state index contributed by atoms with van der Waals surface area (Å²) in [6.07, 6.45) is 5.23. The van der Waals surface area contributed by atoms with Crippen molar-refractivity contribution < 1.29 is 22.0 Å². The molecule has 31 heavy (non-hydrogen) atoms. The van der Waals surface area contributed by atoms with E-state index < -0.39 is 33.0 Å². The Kier molecular flexibility index (Phi) is 6.88. The number of furan rings is 1. The minimum Gasteiger partial charge on any atom is -0.456 e. The van der Waals surface area contributed by atoms with Gasteiger partial charge in [-0.15, -0.1) is 4.40 Å². The monoisotopic (exact) mass is 452 g/mol. The van der Waals surface area contributed by atoms with Gasteiger partial charge in [-0.25, -0.2) is 27.8 Å². The Morgan fingerprint density at radius 1 is 1.35 bits per heavy atom. The third-order valence-electron chi connectivity index (χ3n) is 4.97. The van der Waals surface area contributed by atoms with E-state index in [1.807, 2.05) is 0 Å². The average molecular weight is 453 g/mol. The quantitative estimate of drug-likeness (QED) is 0.383. The first-order valence-electron chi connectivity index (χ1n) is 9.88. The summed E-state index contributed by atoms with van der Waals surface area (Å²) >= 11 is 0.